The first-order valence-electron chi connectivity index (χ1n) is 7.00. The number of carbonyl (C=O) groups is 2. The number of primary amides is 1. The van der Waals surface area contributed by atoms with Gasteiger partial charge in [0.2, 0.25) is 5.91 Å². The van der Waals surface area contributed by atoms with Crippen LogP contribution in [0.3, 0.4) is 0 Å². The molecule has 0 radical (unpaired) electrons. The molecule has 4 nitrogen and oxygen atoms in total. The van der Waals surface area contributed by atoms with Crippen LogP contribution in [0.15, 0.2) is 42.5 Å². The van der Waals surface area contributed by atoms with Crippen LogP contribution in [0.5, 0.6) is 0 Å². The molecule has 0 spiro atoms. The van der Waals surface area contributed by atoms with Gasteiger partial charge in [-0.15, -0.1) is 0 Å². The highest BCUT2D eigenvalue weighted by molar-refractivity contribution is 6.06. The fourth-order valence-corrected chi connectivity index (χ4v) is 2.07. The van der Waals surface area contributed by atoms with E-state index in [1.807, 2.05) is 0 Å². The van der Waals surface area contributed by atoms with Crippen molar-refractivity contribution in [1.29, 1.82) is 0 Å². The molecule has 0 aliphatic rings. The number of amides is 2. The highest BCUT2D eigenvalue weighted by atomic mass is 19.1. The lowest BCUT2D eigenvalue weighted by atomic mass is 10.1. The molecule has 0 aromatic heterocycles. The van der Waals surface area contributed by atoms with E-state index >= 15 is 0 Å². The van der Waals surface area contributed by atoms with Crippen molar-refractivity contribution < 1.29 is 18.4 Å². The van der Waals surface area contributed by atoms with Gasteiger partial charge >= 0.3 is 0 Å². The number of hydrogen-bond donors (Lipinski definition) is 1. The first-order chi connectivity index (χ1) is 10.9. The highest BCUT2D eigenvalue weighted by Gasteiger charge is 2.19. The van der Waals surface area contributed by atoms with Gasteiger partial charge in [0, 0.05) is 24.2 Å². The van der Waals surface area contributed by atoms with Gasteiger partial charge in [0.25, 0.3) is 5.91 Å². The number of aryl methyl sites for hydroxylation is 1. The van der Waals surface area contributed by atoms with E-state index in [2.05, 4.69) is 0 Å². The number of carbonyl (C=O) groups excluding carboxylic acids is 2. The Hall–Kier alpha value is -2.76. The minimum atomic E-state index is -0.569. The number of halogens is 2. The third-order valence-corrected chi connectivity index (χ3v) is 3.38. The Bertz CT molecular complexity index is 730. The summed E-state index contributed by atoms with van der Waals surface area (Å²) >= 11 is 0. The molecule has 2 aromatic rings. The molecule has 0 aliphatic carbocycles. The zero-order valence-electron chi connectivity index (χ0n) is 12.6. The van der Waals surface area contributed by atoms with Crippen molar-refractivity contribution in [2.24, 2.45) is 5.73 Å². The van der Waals surface area contributed by atoms with Gasteiger partial charge in [-0.3, -0.25) is 9.59 Å². The van der Waals surface area contributed by atoms with Crippen LogP contribution in [0.4, 0.5) is 14.5 Å². The van der Waals surface area contributed by atoms with Gasteiger partial charge in [-0.05, 0) is 48.9 Å². The molecule has 0 unspecified atom stereocenters. The standard InChI is InChI=1S/C17H16F2N2O2/c1-11-2-3-12(10-15(11)19)17(23)21(9-8-16(20)22)14-6-4-13(18)5-7-14/h2-7,10H,8-9H2,1H3,(H2,20,22). The smallest absolute Gasteiger partial charge is 0.258 e. The lowest BCUT2D eigenvalue weighted by molar-refractivity contribution is -0.117. The largest absolute Gasteiger partial charge is 0.370 e. The molecule has 0 saturated carbocycles. The third kappa shape index (κ3) is 4.12. The third-order valence-electron chi connectivity index (χ3n) is 3.38. The molecular formula is C17H16F2N2O2. The molecule has 120 valence electrons. The van der Waals surface area contributed by atoms with Crippen molar-refractivity contribution in [3.8, 4) is 0 Å². The number of anilines is 1. The molecule has 2 N–H and O–H groups in total. The van der Waals surface area contributed by atoms with Crippen molar-refractivity contribution in [2.45, 2.75) is 13.3 Å². The first-order valence-corrected chi connectivity index (χ1v) is 7.00. The summed E-state index contributed by atoms with van der Waals surface area (Å²) in [7, 11) is 0. The first kappa shape index (κ1) is 16.6. The van der Waals surface area contributed by atoms with Crippen molar-refractivity contribution in [3.05, 3.63) is 65.2 Å². The van der Waals surface area contributed by atoms with Crippen molar-refractivity contribution >= 4 is 17.5 Å². The van der Waals surface area contributed by atoms with Gasteiger partial charge in [0.15, 0.2) is 0 Å². The lowest BCUT2D eigenvalue weighted by Gasteiger charge is -2.22. The highest BCUT2D eigenvalue weighted by Crippen LogP contribution is 2.19. The number of benzene rings is 2. The topological polar surface area (TPSA) is 63.4 Å². The molecule has 2 amide bonds. The predicted octanol–water partition coefficient (Wildman–Crippen LogP) is 2.80. The Labute approximate surface area is 132 Å². The fraction of sp³-hybridized carbons (Fsp3) is 0.176. The zero-order valence-corrected chi connectivity index (χ0v) is 12.6. The fourth-order valence-electron chi connectivity index (χ4n) is 2.07. The Morgan fingerprint density at radius 2 is 1.74 bits per heavy atom. The molecule has 0 bridgehead atoms. The average molecular weight is 318 g/mol. The van der Waals surface area contributed by atoms with Crippen LogP contribution >= 0.6 is 0 Å². The molecule has 0 saturated heterocycles. The van der Waals surface area contributed by atoms with Gasteiger partial charge in [0.05, 0.1) is 0 Å². The summed E-state index contributed by atoms with van der Waals surface area (Å²) in [5, 5.41) is 0. The quantitative estimate of drug-likeness (QED) is 0.921. The Morgan fingerprint density at radius 1 is 1.09 bits per heavy atom. The van der Waals surface area contributed by atoms with Gasteiger partial charge in [-0.2, -0.15) is 0 Å². The number of hydrogen-bond acceptors (Lipinski definition) is 2. The molecule has 0 heterocycles. The zero-order chi connectivity index (χ0) is 17.0. The predicted molar refractivity (Wildman–Crippen MR) is 83.0 cm³/mol. The van der Waals surface area contributed by atoms with Crippen LogP contribution in [0, 0.1) is 18.6 Å². The second kappa shape index (κ2) is 7.00. The van der Waals surface area contributed by atoms with Crippen molar-refractivity contribution in [2.75, 3.05) is 11.4 Å². The maximum absolute atomic E-state index is 13.7. The minimum Gasteiger partial charge on any atom is -0.370 e. The van der Waals surface area contributed by atoms with E-state index in [0.29, 0.717) is 11.3 Å². The summed E-state index contributed by atoms with van der Waals surface area (Å²) in [6, 6.07) is 9.38. The van der Waals surface area contributed by atoms with E-state index in [1.54, 1.807) is 6.92 Å². The van der Waals surface area contributed by atoms with Gasteiger partial charge in [0.1, 0.15) is 11.6 Å². The maximum Gasteiger partial charge on any atom is 0.258 e. The van der Waals surface area contributed by atoms with Gasteiger partial charge in [-0.25, -0.2) is 8.78 Å². The van der Waals surface area contributed by atoms with Crippen LogP contribution in [-0.4, -0.2) is 18.4 Å². The Morgan fingerprint density at radius 3 is 2.30 bits per heavy atom. The summed E-state index contributed by atoms with van der Waals surface area (Å²) in [6.45, 7) is 1.61. The Balaban J connectivity index is 2.35. The maximum atomic E-state index is 13.7. The monoisotopic (exact) mass is 318 g/mol. The average Bonchev–Trinajstić information content (AvgIpc) is 2.51. The van der Waals surface area contributed by atoms with Crippen molar-refractivity contribution in [3.63, 3.8) is 0 Å². The Kier molecular flexibility index (Phi) is 5.05. The molecular weight excluding hydrogens is 302 g/mol. The summed E-state index contributed by atoms with van der Waals surface area (Å²) < 4.78 is 26.7. The molecule has 6 heteroatoms. The van der Waals surface area contributed by atoms with Gasteiger partial charge in [-0.1, -0.05) is 6.07 Å². The molecule has 0 aliphatic heterocycles. The van der Waals surface area contributed by atoms with Crippen LogP contribution in [-0.2, 0) is 4.79 Å². The van der Waals surface area contributed by atoms with Crippen LogP contribution < -0.4 is 10.6 Å². The molecule has 23 heavy (non-hydrogen) atoms. The molecule has 2 rings (SSSR count). The normalized spacial score (nSPS) is 10.4. The number of nitrogens with two attached hydrogens (primary N) is 1. The number of nitrogens with zero attached hydrogens (tertiary/aromatic N) is 1. The summed E-state index contributed by atoms with van der Waals surface area (Å²) in [6.07, 6.45) is -0.0581. The van der Waals surface area contributed by atoms with E-state index in [0.717, 1.165) is 6.07 Å². The second-order valence-electron chi connectivity index (χ2n) is 5.11. The molecule has 0 atom stereocenters. The van der Waals surface area contributed by atoms with Crippen LogP contribution in [0.25, 0.3) is 0 Å². The minimum absolute atomic E-state index is 0.0231. The van der Waals surface area contributed by atoms with E-state index in [-0.39, 0.29) is 18.5 Å². The van der Waals surface area contributed by atoms with Crippen LogP contribution in [0.2, 0.25) is 0 Å². The second-order valence-corrected chi connectivity index (χ2v) is 5.11. The van der Waals surface area contributed by atoms with E-state index in [1.165, 1.54) is 41.3 Å². The van der Waals surface area contributed by atoms with E-state index in [9.17, 15) is 18.4 Å². The lowest BCUT2D eigenvalue weighted by Crippen LogP contribution is -2.34. The van der Waals surface area contributed by atoms with E-state index < -0.39 is 23.4 Å². The molecule has 2 aromatic carbocycles. The SMILES string of the molecule is Cc1ccc(C(=O)N(CCC(N)=O)c2ccc(F)cc2)cc1F. The molecule has 0 fully saturated rings. The summed E-state index contributed by atoms with van der Waals surface area (Å²) in [5.74, 6) is -2.00. The summed E-state index contributed by atoms with van der Waals surface area (Å²) in [5.41, 5.74) is 6.09. The van der Waals surface area contributed by atoms with E-state index in [4.69, 9.17) is 5.73 Å². The summed E-state index contributed by atoms with van der Waals surface area (Å²) in [4.78, 5) is 24.9. The van der Waals surface area contributed by atoms with Crippen molar-refractivity contribution in [1.82, 2.24) is 0 Å². The van der Waals surface area contributed by atoms with Crippen LogP contribution in [0.1, 0.15) is 22.3 Å². The number of rotatable bonds is 5. The van der Waals surface area contributed by atoms with Gasteiger partial charge < -0.3 is 10.6 Å².